The van der Waals surface area contributed by atoms with Gasteiger partial charge in [-0.2, -0.15) is 10.1 Å². The largest absolute Gasteiger partial charge is 0.436 e. The van der Waals surface area contributed by atoms with Gasteiger partial charge in [-0.3, -0.25) is 4.68 Å². The van der Waals surface area contributed by atoms with E-state index >= 15 is 0 Å². The molecular formula is C13H19N5O. The normalized spacial score (nSPS) is 10.6. The molecule has 0 aromatic carbocycles. The van der Waals surface area contributed by atoms with Gasteiger partial charge in [-0.25, -0.2) is 4.98 Å². The summed E-state index contributed by atoms with van der Waals surface area (Å²) in [6.45, 7) is 5.04. The van der Waals surface area contributed by atoms with Crippen LogP contribution in [0.4, 0.5) is 5.82 Å². The van der Waals surface area contributed by atoms with Gasteiger partial charge in [-0.1, -0.05) is 13.8 Å². The summed E-state index contributed by atoms with van der Waals surface area (Å²) < 4.78 is 7.50. The van der Waals surface area contributed by atoms with Crippen LogP contribution in [0.5, 0.6) is 11.6 Å². The number of hydrogen-bond acceptors (Lipinski definition) is 5. The van der Waals surface area contributed by atoms with Gasteiger partial charge in [-0.05, 0) is 12.8 Å². The van der Waals surface area contributed by atoms with Gasteiger partial charge >= 0.3 is 0 Å². The molecule has 0 radical (unpaired) electrons. The van der Waals surface area contributed by atoms with Crippen molar-refractivity contribution in [3.05, 3.63) is 24.3 Å². The maximum atomic E-state index is 5.74. The van der Waals surface area contributed by atoms with E-state index in [0.29, 0.717) is 23.3 Å². The molecule has 6 nitrogen and oxygen atoms in total. The number of hydrogen-bond donors (Lipinski definition) is 1. The first-order valence-electron chi connectivity index (χ1n) is 6.55. The van der Waals surface area contributed by atoms with E-state index < -0.39 is 0 Å². The third kappa shape index (κ3) is 3.67. The highest BCUT2D eigenvalue weighted by Crippen LogP contribution is 2.20. The van der Waals surface area contributed by atoms with Crippen LogP contribution in [0.2, 0.25) is 0 Å². The smallest absolute Gasteiger partial charge is 0.224 e. The van der Waals surface area contributed by atoms with Gasteiger partial charge in [0.05, 0.1) is 12.4 Å². The monoisotopic (exact) mass is 261 g/mol. The standard InChI is InChI=1S/C13H19N5O/c1-3-5-12-16-11(14)7-13(17-12)19-10-8-15-18(9-10)6-4-2/h7-9H,3-6H2,1-2H3,(H2,14,16,17). The second-order valence-electron chi connectivity index (χ2n) is 4.34. The van der Waals surface area contributed by atoms with Gasteiger partial charge in [0.25, 0.3) is 0 Å². The molecular weight excluding hydrogens is 242 g/mol. The number of ether oxygens (including phenoxy) is 1. The van der Waals surface area contributed by atoms with Crippen molar-refractivity contribution in [1.29, 1.82) is 0 Å². The van der Waals surface area contributed by atoms with Crippen LogP contribution in [-0.2, 0) is 13.0 Å². The highest BCUT2D eigenvalue weighted by Gasteiger charge is 2.06. The molecule has 0 amide bonds. The van der Waals surface area contributed by atoms with Crippen molar-refractivity contribution >= 4 is 5.82 Å². The lowest BCUT2D eigenvalue weighted by molar-refractivity contribution is 0.457. The molecule has 0 atom stereocenters. The molecule has 6 heteroatoms. The highest BCUT2D eigenvalue weighted by molar-refractivity contribution is 5.34. The summed E-state index contributed by atoms with van der Waals surface area (Å²) in [5.41, 5.74) is 5.74. The van der Waals surface area contributed by atoms with Crippen LogP contribution in [0.25, 0.3) is 0 Å². The van der Waals surface area contributed by atoms with Crippen LogP contribution in [0.15, 0.2) is 18.5 Å². The Labute approximate surface area is 112 Å². The van der Waals surface area contributed by atoms with Crippen LogP contribution in [-0.4, -0.2) is 19.7 Å². The fraction of sp³-hybridized carbons (Fsp3) is 0.462. The van der Waals surface area contributed by atoms with Crippen molar-refractivity contribution < 1.29 is 4.74 Å². The third-order valence-electron chi connectivity index (χ3n) is 2.53. The molecule has 0 saturated carbocycles. The van der Waals surface area contributed by atoms with Gasteiger partial charge in [0.15, 0.2) is 5.75 Å². The lowest BCUT2D eigenvalue weighted by Gasteiger charge is -2.05. The first-order chi connectivity index (χ1) is 9.21. The van der Waals surface area contributed by atoms with Crippen molar-refractivity contribution in [3.63, 3.8) is 0 Å². The minimum absolute atomic E-state index is 0.425. The molecule has 0 aliphatic carbocycles. The zero-order chi connectivity index (χ0) is 13.7. The van der Waals surface area contributed by atoms with E-state index in [4.69, 9.17) is 10.5 Å². The Bertz CT molecular complexity index is 538. The van der Waals surface area contributed by atoms with Gasteiger partial charge < -0.3 is 10.5 Å². The number of anilines is 1. The lowest BCUT2D eigenvalue weighted by Crippen LogP contribution is -2.01. The van der Waals surface area contributed by atoms with E-state index in [1.54, 1.807) is 12.3 Å². The summed E-state index contributed by atoms with van der Waals surface area (Å²) in [5.74, 6) is 2.26. The second-order valence-corrected chi connectivity index (χ2v) is 4.34. The molecule has 0 saturated heterocycles. The van der Waals surface area contributed by atoms with E-state index in [9.17, 15) is 0 Å². The molecule has 0 aliphatic heterocycles. The molecule has 0 unspecified atom stereocenters. The first kappa shape index (κ1) is 13.3. The van der Waals surface area contributed by atoms with Gasteiger partial charge in [-0.15, -0.1) is 0 Å². The number of nitrogen functional groups attached to an aromatic ring is 1. The lowest BCUT2D eigenvalue weighted by atomic mass is 10.3. The predicted molar refractivity (Wildman–Crippen MR) is 73.0 cm³/mol. The summed E-state index contributed by atoms with van der Waals surface area (Å²) in [7, 11) is 0. The number of aryl methyl sites for hydroxylation is 2. The molecule has 19 heavy (non-hydrogen) atoms. The minimum Gasteiger partial charge on any atom is -0.436 e. The Balaban J connectivity index is 2.12. The number of aromatic nitrogens is 4. The van der Waals surface area contributed by atoms with E-state index in [1.807, 2.05) is 10.9 Å². The Morgan fingerprint density at radius 1 is 1.26 bits per heavy atom. The Hall–Kier alpha value is -2.11. The minimum atomic E-state index is 0.425. The SMILES string of the molecule is CCCc1nc(N)cc(Oc2cnn(CCC)c2)n1. The second kappa shape index (κ2) is 6.17. The van der Waals surface area contributed by atoms with E-state index in [2.05, 4.69) is 28.9 Å². The van der Waals surface area contributed by atoms with Crippen molar-refractivity contribution in [2.45, 2.75) is 39.7 Å². The molecule has 2 heterocycles. The molecule has 0 bridgehead atoms. The summed E-state index contributed by atoms with van der Waals surface area (Å²) >= 11 is 0. The quantitative estimate of drug-likeness (QED) is 0.863. The van der Waals surface area contributed by atoms with Crippen LogP contribution in [0, 0.1) is 0 Å². The van der Waals surface area contributed by atoms with Crippen LogP contribution in [0.3, 0.4) is 0 Å². The van der Waals surface area contributed by atoms with Gasteiger partial charge in [0.2, 0.25) is 5.88 Å². The number of nitrogens with two attached hydrogens (primary N) is 1. The maximum Gasteiger partial charge on any atom is 0.224 e. The predicted octanol–water partition coefficient (Wildman–Crippen LogP) is 2.41. The summed E-state index contributed by atoms with van der Waals surface area (Å²) in [6, 6.07) is 1.62. The van der Waals surface area contributed by atoms with Gasteiger partial charge in [0, 0.05) is 19.0 Å². The van der Waals surface area contributed by atoms with Crippen molar-refractivity contribution in [2.75, 3.05) is 5.73 Å². The average Bonchev–Trinajstić information content (AvgIpc) is 2.76. The Morgan fingerprint density at radius 2 is 2.11 bits per heavy atom. The highest BCUT2D eigenvalue weighted by atomic mass is 16.5. The fourth-order valence-electron chi connectivity index (χ4n) is 1.75. The molecule has 0 fully saturated rings. The van der Waals surface area contributed by atoms with E-state index in [0.717, 1.165) is 25.8 Å². The number of rotatable bonds is 6. The maximum absolute atomic E-state index is 5.74. The average molecular weight is 261 g/mol. The van der Waals surface area contributed by atoms with Crippen LogP contribution < -0.4 is 10.5 Å². The van der Waals surface area contributed by atoms with Crippen LogP contribution in [0.1, 0.15) is 32.5 Å². The van der Waals surface area contributed by atoms with Crippen molar-refractivity contribution in [1.82, 2.24) is 19.7 Å². The van der Waals surface area contributed by atoms with Gasteiger partial charge in [0.1, 0.15) is 11.6 Å². The Morgan fingerprint density at radius 3 is 2.84 bits per heavy atom. The summed E-state index contributed by atoms with van der Waals surface area (Å²) in [4.78, 5) is 8.49. The molecule has 2 aromatic rings. The topological polar surface area (TPSA) is 78.9 Å². The molecule has 0 spiro atoms. The first-order valence-corrected chi connectivity index (χ1v) is 6.55. The molecule has 2 aromatic heterocycles. The van der Waals surface area contributed by atoms with Crippen LogP contribution >= 0.6 is 0 Å². The molecule has 0 aliphatic rings. The molecule has 2 rings (SSSR count). The van der Waals surface area contributed by atoms with E-state index in [-0.39, 0.29) is 0 Å². The van der Waals surface area contributed by atoms with E-state index in [1.165, 1.54) is 0 Å². The van der Waals surface area contributed by atoms with Crippen molar-refractivity contribution in [2.24, 2.45) is 0 Å². The zero-order valence-electron chi connectivity index (χ0n) is 11.3. The number of nitrogens with zero attached hydrogens (tertiary/aromatic N) is 4. The summed E-state index contributed by atoms with van der Waals surface area (Å²) in [6.07, 6.45) is 6.31. The molecule has 2 N–H and O–H groups in total. The van der Waals surface area contributed by atoms with Crippen molar-refractivity contribution in [3.8, 4) is 11.6 Å². The zero-order valence-corrected chi connectivity index (χ0v) is 11.3. The molecule has 102 valence electrons. The Kier molecular flexibility index (Phi) is 4.33. The third-order valence-corrected chi connectivity index (χ3v) is 2.53. The summed E-state index contributed by atoms with van der Waals surface area (Å²) in [5, 5.41) is 4.20. The fourth-order valence-corrected chi connectivity index (χ4v) is 1.75.